The van der Waals surface area contributed by atoms with Crippen LogP contribution < -0.4 is 0 Å². The van der Waals surface area contributed by atoms with Crippen molar-refractivity contribution in [3.05, 3.63) is 29.8 Å². The summed E-state index contributed by atoms with van der Waals surface area (Å²) in [7, 11) is -3.66. The second-order valence-corrected chi connectivity index (χ2v) is 6.54. The third-order valence-electron chi connectivity index (χ3n) is 3.53. The van der Waals surface area contributed by atoms with E-state index in [9.17, 15) is 8.42 Å². The third kappa shape index (κ3) is 2.30. The molecule has 1 saturated heterocycles. The van der Waals surface area contributed by atoms with E-state index in [-0.39, 0.29) is 23.2 Å². The average molecular weight is 268 g/mol. The molecule has 1 heterocycles. The summed E-state index contributed by atoms with van der Waals surface area (Å²) in [6.07, 6.45) is 2.64. The van der Waals surface area contributed by atoms with Gasteiger partial charge in [0.15, 0.2) is 0 Å². The molecular formula is C13H16O4S. The molecule has 4 nitrogen and oxygen atoms in total. The summed E-state index contributed by atoms with van der Waals surface area (Å²) >= 11 is 0. The summed E-state index contributed by atoms with van der Waals surface area (Å²) in [4.78, 5) is 0.218. The Bertz CT molecular complexity index is 535. The zero-order chi connectivity index (χ0) is 12.8. The lowest BCUT2D eigenvalue weighted by Gasteiger charge is -2.18. The first-order valence-corrected chi connectivity index (χ1v) is 7.62. The molecule has 0 unspecified atom stereocenters. The Kier molecular flexibility index (Phi) is 2.92. The molecule has 2 aliphatic rings. The number of fused-ring (bicyclic) bond motifs is 1. The fraction of sp³-hybridized carbons (Fsp3) is 0.538. The normalized spacial score (nSPS) is 30.8. The van der Waals surface area contributed by atoms with E-state index in [4.69, 9.17) is 8.92 Å². The molecule has 0 aromatic heterocycles. The first-order chi connectivity index (χ1) is 8.56. The van der Waals surface area contributed by atoms with Gasteiger partial charge < -0.3 is 4.74 Å². The SMILES string of the molecule is Cc1ccc(S(=O)(=O)O[C@H]2CCC[C@@H]3O[C@@H]32)cc1. The predicted octanol–water partition coefficient (Wildman–Crippen LogP) is 2.02. The molecule has 0 amide bonds. The van der Waals surface area contributed by atoms with Gasteiger partial charge in [-0.3, -0.25) is 4.18 Å². The number of hydrogen-bond donors (Lipinski definition) is 0. The standard InChI is InChI=1S/C13H16O4S/c1-9-5-7-10(8-6-9)18(14,15)17-12-4-2-3-11-13(12)16-11/h5-8,11-13H,2-4H2,1H3/t11-,12-,13-/m0/s1. The summed E-state index contributed by atoms with van der Waals surface area (Å²) < 4.78 is 34.9. The van der Waals surface area contributed by atoms with Crippen molar-refractivity contribution in [3.63, 3.8) is 0 Å². The van der Waals surface area contributed by atoms with Crippen LogP contribution in [-0.4, -0.2) is 26.7 Å². The molecule has 0 radical (unpaired) electrons. The van der Waals surface area contributed by atoms with Crippen molar-refractivity contribution in [2.45, 2.75) is 49.4 Å². The molecule has 1 aromatic rings. The van der Waals surface area contributed by atoms with Gasteiger partial charge in [-0.15, -0.1) is 0 Å². The minimum Gasteiger partial charge on any atom is -0.367 e. The van der Waals surface area contributed by atoms with Gasteiger partial charge in [0.05, 0.1) is 11.0 Å². The molecule has 18 heavy (non-hydrogen) atoms. The quantitative estimate of drug-likeness (QED) is 0.621. The van der Waals surface area contributed by atoms with Gasteiger partial charge in [0, 0.05) is 0 Å². The lowest BCUT2D eigenvalue weighted by atomic mass is 9.98. The maximum atomic E-state index is 12.1. The van der Waals surface area contributed by atoms with Crippen LogP contribution >= 0.6 is 0 Å². The molecule has 3 atom stereocenters. The number of hydrogen-bond acceptors (Lipinski definition) is 4. The molecule has 1 saturated carbocycles. The number of ether oxygens (including phenoxy) is 1. The fourth-order valence-electron chi connectivity index (χ4n) is 2.43. The van der Waals surface area contributed by atoms with E-state index >= 15 is 0 Å². The smallest absolute Gasteiger partial charge is 0.297 e. The predicted molar refractivity (Wildman–Crippen MR) is 65.7 cm³/mol. The molecule has 3 rings (SSSR count). The van der Waals surface area contributed by atoms with E-state index in [0.29, 0.717) is 0 Å². The van der Waals surface area contributed by atoms with Crippen LogP contribution in [0.25, 0.3) is 0 Å². The largest absolute Gasteiger partial charge is 0.367 e. The van der Waals surface area contributed by atoms with Crippen molar-refractivity contribution in [2.24, 2.45) is 0 Å². The maximum Gasteiger partial charge on any atom is 0.297 e. The topological polar surface area (TPSA) is 55.9 Å². The Hall–Kier alpha value is -0.910. The van der Waals surface area contributed by atoms with Gasteiger partial charge >= 0.3 is 0 Å². The number of benzene rings is 1. The molecule has 5 heteroatoms. The first-order valence-electron chi connectivity index (χ1n) is 6.22. The fourth-order valence-corrected chi connectivity index (χ4v) is 3.54. The zero-order valence-corrected chi connectivity index (χ0v) is 11.0. The highest BCUT2D eigenvalue weighted by molar-refractivity contribution is 7.86. The van der Waals surface area contributed by atoms with Crippen LogP contribution in [0.1, 0.15) is 24.8 Å². The Morgan fingerprint density at radius 1 is 1.22 bits per heavy atom. The van der Waals surface area contributed by atoms with Crippen LogP contribution in [0.3, 0.4) is 0 Å². The number of aryl methyl sites for hydroxylation is 1. The van der Waals surface area contributed by atoms with Crippen molar-refractivity contribution in [1.82, 2.24) is 0 Å². The molecule has 1 aromatic carbocycles. The van der Waals surface area contributed by atoms with E-state index in [2.05, 4.69) is 0 Å². The molecule has 1 aliphatic carbocycles. The second-order valence-electron chi connectivity index (χ2n) is 4.97. The van der Waals surface area contributed by atoms with Crippen molar-refractivity contribution >= 4 is 10.1 Å². The molecule has 0 N–H and O–H groups in total. The van der Waals surface area contributed by atoms with Crippen LogP contribution in [0.2, 0.25) is 0 Å². The van der Waals surface area contributed by atoms with Crippen LogP contribution in [-0.2, 0) is 19.0 Å². The molecule has 2 fully saturated rings. The summed E-state index contributed by atoms with van der Waals surface area (Å²) in [6, 6.07) is 6.71. The van der Waals surface area contributed by atoms with Gasteiger partial charge in [-0.05, 0) is 38.3 Å². The summed E-state index contributed by atoms with van der Waals surface area (Å²) in [5.74, 6) is 0. The van der Waals surface area contributed by atoms with Crippen molar-refractivity contribution in [3.8, 4) is 0 Å². The van der Waals surface area contributed by atoms with Crippen molar-refractivity contribution in [2.75, 3.05) is 0 Å². The van der Waals surface area contributed by atoms with E-state index in [0.717, 1.165) is 24.8 Å². The first kappa shape index (κ1) is 12.1. The minimum atomic E-state index is -3.66. The maximum absolute atomic E-state index is 12.1. The highest BCUT2D eigenvalue weighted by Gasteiger charge is 2.49. The van der Waals surface area contributed by atoms with Crippen LogP contribution in [0.5, 0.6) is 0 Å². The summed E-state index contributed by atoms with van der Waals surface area (Å²) in [5.41, 5.74) is 1.03. The second kappa shape index (κ2) is 4.33. The number of rotatable bonds is 3. The van der Waals surface area contributed by atoms with Crippen molar-refractivity contribution < 1.29 is 17.3 Å². The third-order valence-corrected chi connectivity index (χ3v) is 4.88. The van der Waals surface area contributed by atoms with Crippen LogP contribution in [0.15, 0.2) is 29.2 Å². The van der Waals surface area contributed by atoms with Gasteiger partial charge in [0.2, 0.25) is 0 Å². The van der Waals surface area contributed by atoms with Gasteiger partial charge in [-0.1, -0.05) is 17.7 Å². The average Bonchev–Trinajstić information content (AvgIpc) is 3.09. The van der Waals surface area contributed by atoms with Crippen LogP contribution in [0.4, 0.5) is 0 Å². The van der Waals surface area contributed by atoms with E-state index in [1.807, 2.05) is 6.92 Å². The van der Waals surface area contributed by atoms with E-state index in [1.54, 1.807) is 24.3 Å². The highest BCUT2D eigenvalue weighted by atomic mass is 32.2. The monoisotopic (exact) mass is 268 g/mol. The van der Waals surface area contributed by atoms with Gasteiger partial charge in [-0.2, -0.15) is 8.42 Å². The molecular weight excluding hydrogens is 252 g/mol. The Labute approximate surface area is 107 Å². The highest BCUT2D eigenvalue weighted by Crippen LogP contribution is 2.39. The Morgan fingerprint density at radius 2 is 1.94 bits per heavy atom. The molecule has 0 bridgehead atoms. The number of epoxide rings is 1. The zero-order valence-electron chi connectivity index (χ0n) is 10.2. The van der Waals surface area contributed by atoms with E-state index < -0.39 is 10.1 Å². The van der Waals surface area contributed by atoms with Crippen LogP contribution in [0, 0.1) is 6.92 Å². The van der Waals surface area contributed by atoms with Gasteiger partial charge in [0.25, 0.3) is 10.1 Å². The van der Waals surface area contributed by atoms with E-state index in [1.165, 1.54) is 0 Å². The molecule has 0 spiro atoms. The van der Waals surface area contributed by atoms with Gasteiger partial charge in [0.1, 0.15) is 12.2 Å². The lowest BCUT2D eigenvalue weighted by molar-refractivity contribution is 0.155. The minimum absolute atomic E-state index is 0.0148. The lowest BCUT2D eigenvalue weighted by Crippen LogP contribution is -2.28. The Balaban J connectivity index is 1.76. The van der Waals surface area contributed by atoms with Crippen molar-refractivity contribution in [1.29, 1.82) is 0 Å². The summed E-state index contributed by atoms with van der Waals surface area (Å²) in [6.45, 7) is 1.92. The molecule has 1 aliphatic heterocycles. The van der Waals surface area contributed by atoms with Gasteiger partial charge in [-0.25, -0.2) is 0 Å². The molecule has 98 valence electrons. The Morgan fingerprint density at radius 3 is 2.67 bits per heavy atom. The summed E-state index contributed by atoms with van der Waals surface area (Å²) in [5, 5.41) is 0.